The highest BCUT2D eigenvalue weighted by Gasteiger charge is 2.23. The van der Waals surface area contributed by atoms with Gasteiger partial charge in [-0.1, -0.05) is 13.8 Å². The van der Waals surface area contributed by atoms with Crippen molar-refractivity contribution < 1.29 is 9.90 Å². The van der Waals surface area contributed by atoms with Crippen molar-refractivity contribution in [3.05, 3.63) is 0 Å². The number of hydrogen-bond acceptors (Lipinski definition) is 3. The van der Waals surface area contributed by atoms with E-state index in [1.54, 1.807) is 0 Å². The highest BCUT2D eigenvalue weighted by Crippen LogP contribution is 2.23. The molecule has 0 amide bonds. The van der Waals surface area contributed by atoms with Crippen molar-refractivity contribution in [1.29, 1.82) is 0 Å². The first-order valence-electron chi connectivity index (χ1n) is 3.60. The van der Waals surface area contributed by atoms with Crippen LogP contribution in [0.15, 0.2) is 0 Å². The first-order valence-corrected chi connectivity index (χ1v) is 4.04. The monoisotopic (exact) mass is 177 g/mol. The van der Waals surface area contributed by atoms with E-state index in [9.17, 15) is 4.79 Å². The number of aliphatic carboxylic acids is 1. The number of nitrogens with two attached hydrogens (primary N) is 1. The molecule has 0 aliphatic heterocycles. The standard InChI is InChI=1S/C7H15NO2S/c1-3-7(2,11)4-5(8)6(9)10/h5,11H,3-4,8H2,1-2H3,(H,9,10). The first-order chi connectivity index (χ1) is 4.89. The molecule has 0 saturated carbocycles. The van der Waals surface area contributed by atoms with Gasteiger partial charge in [0.05, 0.1) is 0 Å². The van der Waals surface area contributed by atoms with Gasteiger partial charge in [-0.15, -0.1) is 0 Å². The van der Waals surface area contributed by atoms with E-state index in [2.05, 4.69) is 12.6 Å². The molecule has 4 heteroatoms. The fourth-order valence-corrected chi connectivity index (χ4v) is 0.902. The number of thiol groups is 1. The fourth-order valence-electron chi connectivity index (χ4n) is 0.705. The highest BCUT2D eigenvalue weighted by molar-refractivity contribution is 7.81. The molecule has 0 saturated heterocycles. The minimum absolute atomic E-state index is 0.266. The molecule has 3 nitrogen and oxygen atoms in total. The Balaban J connectivity index is 3.93. The van der Waals surface area contributed by atoms with Gasteiger partial charge in [-0.3, -0.25) is 4.79 Å². The Bertz CT molecular complexity index is 147. The Morgan fingerprint density at radius 3 is 2.55 bits per heavy atom. The quantitative estimate of drug-likeness (QED) is 0.559. The number of carboxylic acids is 1. The van der Waals surface area contributed by atoms with Crippen molar-refractivity contribution in [3.63, 3.8) is 0 Å². The van der Waals surface area contributed by atoms with Crippen LogP contribution in [0.2, 0.25) is 0 Å². The van der Waals surface area contributed by atoms with Crippen molar-refractivity contribution in [2.24, 2.45) is 5.73 Å². The highest BCUT2D eigenvalue weighted by atomic mass is 32.1. The summed E-state index contributed by atoms with van der Waals surface area (Å²) in [6.45, 7) is 3.85. The van der Waals surface area contributed by atoms with Crippen LogP contribution in [-0.4, -0.2) is 21.9 Å². The third kappa shape index (κ3) is 4.27. The van der Waals surface area contributed by atoms with Gasteiger partial charge in [-0.2, -0.15) is 12.6 Å². The largest absolute Gasteiger partial charge is 0.480 e. The van der Waals surface area contributed by atoms with Crippen LogP contribution in [-0.2, 0) is 4.79 Å². The zero-order valence-corrected chi connectivity index (χ0v) is 7.77. The lowest BCUT2D eigenvalue weighted by Crippen LogP contribution is -2.36. The van der Waals surface area contributed by atoms with Crippen LogP contribution in [0.1, 0.15) is 26.7 Å². The molecule has 0 radical (unpaired) electrons. The summed E-state index contributed by atoms with van der Waals surface area (Å²) in [6.07, 6.45) is 1.22. The lowest BCUT2D eigenvalue weighted by Gasteiger charge is -2.23. The smallest absolute Gasteiger partial charge is 0.320 e. The van der Waals surface area contributed by atoms with Crippen LogP contribution in [0.4, 0.5) is 0 Å². The maximum absolute atomic E-state index is 10.3. The molecule has 0 aliphatic carbocycles. The molecule has 2 unspecified atom stereocenters. The van der Waals surface area contributed by atoms with Crippen molar-refractivity contribution >= 4 is 18.6 Å². The van der Waals surface area contributed by atoms with Gasteiger partial charge in [0.1, 0.15) is 6.04 Å². The van der Waals surface area contributed by atoms with E-state index in [4.69, 9.17) is 10.8 Å². The maximum Gasteiger partial charge on any atom is 0.320 e. The minimum Gasteiger partial charge on any atom is -0.480 e. The molecule has 0 fully saturated rings. The molecule has 0 aromatic heterocycles. The van der Waals surface area contributed by atoms with Crippen LogP contribution in [0.25, 0.3) is 0 Å². The van der Waals surface area contributed by atoms with E-state index in [0.717, 1.165) is 6.42 Å². The summed E-state index contributed by atoms with van der Waals surface area (Å²) in [5.74, 6) is -0.960. The summed E-state index contributed by atoms with van der Waals surface area (Å²) in [6, 6.07) is -0.794. The molecule has 3 N–H and O–H groups in total. The summed E-state index contributed by atoms with van der Waals surface area (Å²) < 4.78 is -0.266. The lowest BCUT2D eigenvalue weighted by molar-refractivity contribution is -0.138. The molecule has 0 heterocycles. The average molecular weight is 177 g/mol. The first kappa shape index (κ1) is 10.8. The zero-order valence-electron chi connectivity index (χ0n) is 6.87. The van der Waals surface area contributed by atoms with Crippen LogP contribution < -0.4 is 5.73 Å². The van der Waals surface area contributed by atoms with E-state index >= 15 is 0 Å². The summed E-state index contributed by atoms with van der Waals surface area (Å²) in [7, 11) is 0. The molecular weight excluding hydrogens is 162 g/mol. The van der Waals surface area contributed by atoms with Gasteiger partial charge in [-0.25, -0.2) is 0 Å². The van der Waals surface area contributed by atoms with Crippen LogP contribution in [0, 0.1) is 0 Å². The Labute approximate surface area is 72.4 Å². The van der Waals surface area contributed by atoms with Crippen LogP contribution in [0.5, 0.6) is 0 Å². The molecular formula is C7H15NO2S. The molecule has 0 aromatic rings. The predicted molar refractivity (Wildman–Crippen MR) is 47.9 cm³/mol. The number of carbonyl (C=O) groups is 1. The molecule has 0 spiro atoms. The van der Waals surface area contributed by atoms with Crippen molar-refractivity contribution in [3.8, 4) is 0 Å². The van der Waals surface area contributed by atoms with Gasteiger partial charge in [0.2, 0.25) is 0 Å². The van der Waals surface area contributed by atoms with E-state index in [1.165, 1.54) is 0 Å². The zero-order chi connectivity index (χ0) is 9.07. The molecule has 0 bridgehead atoms. The molecule has 0 rings (SSSR count). The van der Waals surface area contributed by atoms with Gasteiger partial charge in [0.15, 0.2) is 0 Å². The normalized spacial score (nSPS) is 18.9. The van der Waals surface area contributed by atoms with Gasteiger partial charge >= 0.3 is 5.97 Å². The Hall–Kier alpha value is -0.220. The maximum atomic E-state index is 10.3. The molecule has 66 valence electrons. The number of rotatable bonds is 4. The van der Waals surface area contributed by atoms with E-state index in [0.29, 0.717) is 6.42 Å². The Morgan fingerprint density at radius 1 is 1.82 bits per heavy atom. The number of hydrogen-bond donors (Lipinski definition) is 3. The Kier molecular flexibility index (Phi) is 3.89. The van der Waals surface area contributed by atoms with Crippen molar-refractivity contribution in [2.45, 2.75) is 37.5 Å². The minimum atomic E-state index is -0.960. The summed E-state index contributed by atoms with van der Waals surface area (Å²) >= 11 is 4.28. The van der Waals surface area contributed by atoms with Gasteiger partial charge in [0.25, 0.3) is 0 Å². The van der Waals surface area contributed by atoms with Crippen molar-refractivity contribution in [1.82, 2.24) is 0 Å². The fraction of sp³-hybridized carbons (Fsp3) is 0.857. The second-order valence-corrected chi connectivity index (χ2v) is 4.08. The topological polar surface area (TPSA) is 63.3 Å². The Morgan fingerprint density at radius 2 is 2.27 bits per heavy atom. The molecule has 11 heavy (non-hydrogen) atoms. The van der Waals surface area contributed by atoms with E-state index in [-0.39, 0.29) is 4.75 Å². The third-order valence-corrected chi connectivity index (χ3v) is 2.24. The summed E-state index contributed by atoms with van der Waals surface area (Å²) in [5.41, 5.74) is 5.33. The van der Waals surface area contributed by atoms with Gasteiger partial charge < -0.3 is 10.8 Å². The van der Waals surface area contributed by atoms with Gasteiger partial charge in [-0.05, 0) is 12.8 Å². The van der Waals surface area contributed by atoms with E-state index < -0.39 is 12.0 Å². The molecule has 2 atom stereocenters. The van der Waals surface area contributed by atoms with E-state index in [1.807, 2.05) is 13.8 Å². The number of carboxylic acid groups (broad SMARTS) is 1. The van der Waals surface area contributed by atoms with Gasteiger partial charge in [0, 0.05) is 4.75 Å². The SMILES string of the molecule is CCC(C)(S)CC(N)C(=O)O. The van der Waals surface area contributed by atoms with Crippen LogP contribution in [0.3, 0.4) is 0 Å². The summed E-state index contributed by atoms with van der Waals surface area (Å²) in [4.78, 5) is 10.3. The average Bonchev–Trinajstić information content (AvgIpc) is 1.87. The van der Waals surface area contributed by atoms with Crippen LogP contribution >= 0.6 is 12.6 Å². The molecule has 0 aromatic carbocycles. The summed E-state index contributed by atoms with van der Waals surface area (Å²) in [5, 5.41) is 8.48. The third-order valence-electron chi connectivity index (χ3n) is 1.74. The predicted octanol–water partition coefficient (Wildman–Crippen LogP) is 0.887. The molecule has 0 aliphatic rings. The van der Waals surface area contributed by atoms with Crippen molar-refractivity contribution in [2.75, 3.05) is 0 Å². The lowest BCUT2D eigenvalue weighted by atomic mass is 9.99. The second kappa shape index (κ2) is 3.97. The second-order valence-electron chi connectivity index (χ2n) is 3.00.